The Labute approximate surface area is 108 Å². The number of carbonyl (C=O) groups excluding carboxylic acids is 1. The molecule has 0 aliphatic heterocycles. The Kier molecular flexibility index (Phi) is 3.21. The van der Waals surface area contributed by atoms with E-state index in [1.807, 2.05) is 13.8 Å². The summed E-state index contributed by atoms with van der Waals surface area (Å²) in [4.78, 5) is 31.7. The molecule has 0 amide bonds. The van der Waals surface area contributed by atoms with Gasteiger partial charge in [-0.2, -0.15) is 0 Å². The van der Waals surface area contributed by atoms with E-state index in [2.05, 4.69) is 9.97 Å². The van der Waals surface area contributed by atoms with E-state index < -0.39 is 12.1 Å². The summed E-state index contributed by atoms with van der Waals surface area (Å²) < 4.78 is 5.01. The molecule has 2 rings (SSSR count). The molecule has 2 heterocycles. The number of esters is 1. The van der Waals surface area contributed by atoms with Crippen molar-refractivity contribution in [3.05, 3.63) is 26.6 Å². The van der Waals surface area contributed by atoms with Crippen molar-refractivity contribution in [2.45, 2.75) is 33.8 Å². The number of rotatable bonds is 2. The first-order valence-corrected chi connectivity index (χ1v) is 6.39. The smallest absolute Gasteiger partial charge is 0.303 e. The van der Waals surface area contributed by atoms with E-state index in [1.165, 1.54) is 18.3 Å². The predicted molar refractivity (Wildman–Crippen MR) is 69.9 cm³/mol. The number of H-pyrrole nitrogens is 1. The largest absolute Gasteiger partial charge is 0.455 e. The summed E-state index contributed by atoms with van der Waals surface area (Å²) >= 11 is 1.47. The number of hydrogen-bond acceptors (Lipinski definition) is 5. The molecule has 18 heavy (non-hydrogen) atoms. The number of carbonyl (C=O) groups is 1. The lowest BCUT2D eigenvalue weighted by Crippen LogP contribution is -2.16. The number of aryl methyl sites for hydroxylation is 2. The summed E-state index contributed by atoms with van der Waals surface area (Å²) in [7, 11) is 0. The molecule has 0 saturated heterocycles. The quantitative estimate of drug-likeness (QED) is 0.846. The maximum Gasteiger partial charge on any atom is 0.303 e. The minimum absolute atomic E-state index is 0.184. The molecular formula is C12H14N2O3S. The molecule has 0 fully saturated rings. The standard InChI is InChI=1S/C12H14N2O3S/c1-5-7(3)18-12-9(5)11(16)13-10(14-12)6(2)17-8(4)15/h6H,1-4H3,(H,13,14,16)/t6-/m1/s1. The van der Waals surface area contributed by atoms with E-state index in [0.717, 1.165) is 10.4 Å². The van der Waals surface area contributed by atoms with Gasteiger partial charge in [0.2, 0.25) is 0 Å². The first-order chi connectivity index (χ1) is 8.40. The number of nitrogens with zero attached hydrogens (tertiary/aromatic N) is 1. The molecule has 2 aromatic heterocycles. The molecule has 6 heteroatoms. The van der Waals surface area contributed by atoms with Crippen LogP contribution in [0.1, 0.15) is 36.2 Å². The molecule has 0 spiro atoms. The number of thiophene rings is 1. The average Bonchev–Trinajstić information content (AvgIpc) is 2.54. The van der Waals surface area contributed by atoms with Crippen molar-refractivity contribution in [2.75, 3.05) is 0 Å². The fourth-order valence-corrected chi connectivity index (χ4v) is 2.81. The third-order valence-corrected chi connectivity index (χ3v) is 3.89. The third kappa shape index (κ3) is 2.15. The van der Waals surface area contributed by atoms with Crippen LogP contribution in [-0.4, -0.2) is 15.9 Å². The zero-order chi connectivity index (χ0) is 13.4. The molecule has 2 aromatic rings. The van der Waals surface area contributed by atoms with Crippen molar-refractivity contribution in [2.24, 2.45) is 0 Å². The second-order valence-corrected chi connectivity index (χ2v) is 5.37. The van der Waals surface area contributed by atoms with Crippen molar-refractivity contribution in [3.63, 3.8) is 0 Å². The highest BCUT2D eigenvalue weighted by Crippen LogP contribution is 2.26. The van der Waals surface area contributed by atoms with Crippen molar-refractivity contribution in [3.8, 4) is 0 Å². The molecule has 0 unspecified atom stereocenters. The summed E-state index contributed by atoms with van der Waals surface area (Å²) in [6, 6.07) is 0. The van der Waals surface area contributed by atoms with Gasteiger partial charge in [0.1, 0.15) is 4.83 Å². The van der Waals surface area contributed by atoms with Crippen LogP contribution in [0.3, 0.4) is 0 Å². The monoisotopic (exact) mass is 266 g/mol. The van der Waals surface area contributed by atoms with Gasteiger partial charge in [-0.1, -0.05) is 0 Å². The highest BCUT2D eigenvalue weighted by Gasteiger charge is 2.16. The molecular weight excluding hydrogens is 252 g/mol. The summed E-state index contributed by atoms with van der Waals surface area (Å²) in [5.41, 5.74) is 0.770. The predicted octanol–water partition coefficient (Wildman–Crippen LogP) is 2.23. The van der Waals surface area contributed by atoms with Gasteiger partial charge in [0, 0.05) is 11.8 Å². The minimum atomic E-state index is -0.553. The second-order valence-electron chi connectivity index (χ2n) is 4.17. The molecule has 1 N–H and O–H groups in total. The Balaban J connectivity index is 2.56. The number of fused-ring (bicyclic) bond motifs is 1. The van der Waals surface area contributed by atoms with Gasteiger partial charge in [-0.3, -0.25) is 9.59 Å². The summed E-state index contributed by atoms with van der Waals surface area (Å²) in [5.74, 6) is -0.0206. The molecule has 0 radical (unpaired) electrons. The Hall–Kier alpha value is -1.69. The maximum absolute atomic E-state index is 12.0. The van der Waals surface area contributed by atoms with Gasteiger partial charge in [0.25, 0.3) is 5.56 Å². The second kappa shape index (κ2) is 4.53. The number of hydrogen-bond donors (Lipinski definition) is 1. The van der Waals surface area contributed by atoms with Crippen LogP contribution >= 0.6 is 11.3 Å². The number of nitrogens with one attached hydrogen (secondary N) is 1. The van der Waals surface area contributed by atoms with Crippen molar-refractivity contribution < 1.29 is 9.53 Å². The number of aromatic nitrogens is 2. The molecule has 0 saturated carbocycles. The Morgan fingerprint density at radius 3 is 2.72 bits per heavy atom. The first kappa shape index (κ1) is 12.8. The zero-order valence-corrected chi connectivity index (χ0v) is 11.5. The van der Waals surface area contributed by atoms with Crippen LogP contribution in [0, 0.1) is 13.8 Å². The van der Waals surface area contributed by atoms with Gasteiger partial charge in [-0.05, 0) is 26.3 Å². The normalized spacial score (nSPS) is 12.7. The van der Waals surface area contributed by atoms with E-state index in [9.17, 15) is 9.59 Å². The Morgan fingerprint density at radius 1 is 1.44 bits per heavy atom. The van der Waals surface area contributed by atoms with E-state index in [-0.39, 0.29) is 5.56 Å². The zero-order valence-electron chi connectivity index (χ0n) is 10.7. The highest BCUT2D eigenvalue weighted by atomic mass is 32.1. The molecule has 5 nitrogen and oxygen atoms in total. The van der Waals surface area contributed by atoms with Crippen LogP contribution in [0.4, 0.5) is 0 Å². The van der Waals surface area contributed by atoms with Gasteiger partial charge >= 0.3 is 5.97 Å². The number of ether oxygens (including phenoxy) is 1. The summed E-state index contributed by atoms with van der Waals surface area (Å²) in [5, 5.41) is 0.622. The lowest BCUT2D eigenvalue weighted by molar-refractivity contribution is -0.146. The fraction of sp³-hybridized carbons (Fsp3) is 0.417. The average molecular weight is 266 g/mol. The van der Waals surface area contributed by atoms with E-state index >= 15 is 0 Å². The topological polar surface area (TPSA) is 72.0 Å². The Morgan fingerprint density at radius 2 is 2.11 bits per heavy atom. The molecule has 1 atom stereocenters. The van der Waals surface area contributed by atoms with Crippen LogP contribution in [0.2, 0.25) is 0 Å². The minimum Gasteiger partial charge on any atom is -0.455 e. The maximum atomic E-state index is 12.0. The summed E-state index contributed by atoms with van der Waals surface area (Å²) in [6.45, 7) is 6.86. The highest BCUT2D eigenvalue weighted by molar-refractivity contribution is 7.18. The molecule has 0 aliphatic rings. The first-order valence-electron chi connectivity index (χ1n) is 5.57. The van der Waals surface area contributed by atoms with Crippen molar-refractivity contribution >= 4 is 27.5 Å². The molecule has 96 valence electrons. The van der Waals surface area contributed by atoms with Crippen LogP contribution in [0.25, 0.3) is 10.2 Å². The van der Waals surface area contributed by atoms with Crippen LogP contribution < -0.4 is 5.56 Å². The van der Waals surface area contributed by atoms with Gasteiger partial charge in [0.05, 0.1) is 5.39 Å². The van der Waals surface area contributed by atoms with Gasteiger partial charge < -0.3 is 9.72 Å². The van der Waals surface area contributed by atoms with E-state index in [0.29, 0.717) is 16.0 Å². The molecule has 0 aliphatic carbocycles. The molecule has 0 bridgehead atoms. The van der Waals surface area contributed by atoms with Gasteiger partial charge in [0.15, 0.2) is 11.9 Å². The van der Waals surface area contributed by atoms with Crippen LogP contribution in [0.15, 0.2) is 4.79 Å². The Bertz CT molecular complexity index is 672. The van der Waals surface area contributed by atoms with Crippen LogP contribution in [0.5, 0.6) is 0 Å². The SMILES string of the molecule is CC(=O)O[C@H](C)c1nc2sc(C)c(C)c2c(=O)[nH]1. The van der Waals surface area contributed by atoms with Crippen LogP contribution in [-0.2, 0) is 9.53 Å². The van der Waals surface area contributed by atoms with Crippen molar-refractivity contribution in [1.82, 2.24) is 9.97 Å². The van der Waals surface area contributed by atoms with E-state index in [1.54, 1.807) is 6.92 Å². The lowest BCUT2D eigenvalue weighted by atomic mass is 10.2. The number of aromatic amines is 1. The molecule has 0 aromatic carbocycles. The fourth-order valence-electron chi connectivity index (χ4n) is 1.77. The van der Waals surface area contributed by atoms with Gasteiger partial charge in [-0.25, -0.2) is 4.98 Å². The lowest BCUT2D eigenvalue weighted by Gasteiger charge is -2.10. The van der Waals surface area contributed by atoms with Crippen molar-refractivity contribution in [1.29, 1.82) is 0 Å². The summed E-state index contributed by atoms with van der Waals surface area (Å²) in [6.07, 6.45) is -0.553. The van der Waals surface area contributed by atoms with E-state index in [4.69, 9.17) is 4.74 Å². The van der Waals surface area contributed by atoms with Gasteiger partial charge in [-0.15, -0.1) is 11.3 Å². The third-order valence-electron chi connectivity index (χ3n) is 2.79.